The lowest BCUT2D eigenvalue weighted by Gasteiger charge is -2.14. The summed E-state index contributed by atoms with van der Waals surface area (Å²) in [5.74, 6) is -5.29. The van der Waals surface area contributed by atoms with E-state index in [-0.39, 0.29) is 28.0 Å². The second kappa shape index (κ2) is 12.3. The zero-order valence-corrected chi connectivity index (χ0v) is 24.3. The highest BCUT2D eigenvalue weighted by Crippen LogP contribution is 2.32. The van der Waals surface area contributed by atoms with E-state index in [9.17, 15) is 39.6 Å². The van der Waals surface area contributed by atoms with Gasteiger partial charge in [-0.05, 0) is 48.0 Å². The van der Waals surface area contributed by atoms with E-state index in [1.165, 1.54) is 28.8 Å². The van der Waals surface area contributed by atoms with Crippen LogP contribution in [0.5, 0.6) is 5.75 Å². The zero-order valence-electron chi connectivity index (χ0n) is 23.4. The van der Waals surface area contributed by atoms with Crippen molar-refractivity contribution in [2.45, 2.75) is 17.1 Å². The second-order valence-electron chi connectivity index (χ2n) is 9.95. The zero-order chi connectivity index (χ0) is 33.4. The van der Waals surface area contributed by atoms with E-state index in [2.05, 4.69) is 20.7 Å². The molecule has 0 unspecified atom stereocenters. The molecule has 2 heterocycles. The van der Waals surface area contributed by atoms with Crippen LogP contribution in [0.2, 0.25) is 0 Å². The molecule has 0 saturated heterocycles. The molecule has 0 aliphatic carbocycles. The summed E-state index contributed by atoms with van der Waals surface area (Å²) in [6.07, 6.45) is -2.16. The lowest BCUT2D eigenvalue weighted by atomic mass is 10.0. The Morgan fingerprint density at radius 1 is 1.00 bits per heavy atom. The minimum absolute atomic E-state index is 0.00425. The van der Waals surface area contributed by atoms with Crippen LogP contribution in [0.1, 0.15) is 11.6 Å². The van der Waals surface area contributed by atoms with Crippen LogP contribution in [-0.4, -0.2) is 48.0 Å². The summed E-state index contributed by atoms with van der Waals surface area (Å²) in [4.78, 5) is 16.6. The molecule has 5 rings (SSSR count). The molecule has 0 radical (unpaired) electrons. The number of carbonyl (C=O) groups excluding carboxylic acids is 1. The molecule has 4 N–H and O–H groups in total. The number of fused-ring (bicyclic) bond motifs is 1. The number of nitrogens with zero attached hydrogens (tertiary/aromatic N) is 3. The molecule has 3 aromatic carbocycles. The average molecular weight is 665 g/mol. The number of nitrogens with one attached hydrogen (secondary N) is 2. The summed E-state index contributed by atoms with van der Waals surface area (Å²) in [5.41, 5.74) is 7.01. The van der Waals surface area contributed by atoms with Gasteiger partial charge in [-0.2, -0.15) is 18.2 Å². The number of alkyl halides is 3. The van der Waals surface area contributed by atoms with Gasteiger partial charge in [0.05, 0.1) is 10.6 Å². The SMILES string of the molecule is CS(=O)(=O)c1ccc(Nc2nc3ccc(-c4ccc(NC(=O)[C@@H](N)c5cc(F)cc(F)c5F)cc4)cn3n2)c(OCC(F)(F)F)c1. The molecule has 0 bridgehead atoms. The number of carbonyl (C=O) groups is 1. The van der Waals surface area contributed by atoms with Gasteiger partial charge in [-0.25, -0.2) is 26.1 Å². The van der Waals surface area contributed by atoms with E-state index in [0.717, 1.165) is 12.3 Å². The number of rotatable bonds is 9. The van der Waals surface area contributed by atoms with Crippen molar-refractivity contribution in [2.75, 3.05) is 23.5 Å². The highest BCUT2D eigenvalue weighted by Gasteiger charge is 2.29. The minimum Gasteiger partial charge on any atom is -0.482 e. The maximum atomic E-state index is 14.1. The molecule has 0 aliphatic rings. The highest BCUT2D eigenvalue weighted by atomic mass is 32.2. The lowest BCUT2D eigenvalue weighted by Crippen LogP contribution is -2.29. The van der Waals surface area contributed by atoms with Gasteiger partial charge in [0.25, 0.3) is 0 Å². The first-order valence-electron chi connectivity index (χ1n) is 13.1. The predicted molar refractivity (Wildman–Crippen MR) is 155 cm³/mol. The number of hydrogen-bond donors (Lipinski definition) is 3. The number of halogens is 6. The van der Waals surface area contributed by atoms with E-state index in [1.54, 1.807) is 30.5 Å². The molecular weight excluding hydrogens is 642 g/mol. The van der Waals surface area contributed by atoms with Gasteiger partial charge in [0, 0.05) is 41.4 Å². The molecule has 1 atom stereocenters. The first-order chi connectivity index (χ1) is 21.6. The van der Waals surface area contributed by atoms with Crippen LogP contribution in [-0.2, 0) is 14.6 Å². The minimum atomic E-state index is -4.67. The number of nitrogens with two attached hydrogens (primary N) is 1. The van der Waals surface area contributed by atoms with E-state index in [4.69, 9.17) is 10.5 Å². The fourth-order valence-electron chi connectivity index (χ4n) is 4.25. The summed E-state index contributed by atoms with van der Waals surface area (Å²) in [6.45, 7) is -1.66. The number of aromatic nitrogens is 3. The summed E-state index contributed by atoms with van der Waals surface area (Å²) in [7, 11) is -3.74. The monoisotopic (exact) mass is 664 g/mol. The second-order valence-corrected chi connectivity index (χ2v) is 12.0. The molecule has 0 spiro atoms. The van der Waals surface area contributed by atoms with E-state index >= 15 is 0 Å². The van der Waals surface area contributed by atoms with E-state index in [1.807, 2.05) is 0 Å². The Bertz CT molecular complexity index is 2050. The lowest BCUT2D eigenvalue weighted by molar-refractivity contribution is -0.153. The van der Waals surface area contributed by atoms with E-state index < -0.39 is 57.6 Å². The maximum Gasteiger partial charge on any atom is 0.422 e. The molecule has 46 heavy (non-hydrogen) atoms. The number of hydrogen-bond acceptors (Lipinski definition) is 8. The van der Waals surface area contributed by atoms with Crippen molar-refractivity contribution in [3.05, 3.63) is 95.9 Å². The Morgan fingerprint density at radius 3 is 2.37 bits per heavy atom. The van der Waals surface area contributed by atoms with Gasteiger partial charge in [-0.15, -0.1) is 5.10 Å². The molecule has 1 amide bonds. The van der Waals surface area contributed by atoms with E-state index in [0.29, 0.717) is 28.9 Å². The van der Waals surface area contributed by atoms with Crippen LogP contribution in [0.3, 0.4) is 0 Å². The normalized spacial score (nSPS) is 12.6. The van der Waals surface area contributed by atoms with Gasteiger partial charge in [-0.1, -0.05) is 12.1 Å². The van der Waals surface area contributed by atoms with Gasteiger partial charge in [-0.3, -0.25) is 4.79 Å². The Balaban J connectivity index is 1.32. The van der Waals surface area contributed by atoms with Crippen LogP contribution in [0.15, 0.2) is 77.8 Å². The number of benzene rings is 3. The number of ether oxygens (including phenoxy) is 1. The third kappa shape index (κ3) is 7.37. The molecule has 2 aromatic heterocycles. The summed E-state index contributed by atoms with van der Waals surface area (Å²) in [6, 6.07) is 12.3. The van der Waals surface area contributed by atoms with Crippen LogP contribution in [0, 0.1) is 17.5 Å². The van der Waals surface area contributed by atoms with Gasteiger partial charge >= 0.3 is 6.18 Å². The van der Waals surface area contributed by atoms with Crippen molar-refractivity contribution >= 4 is 38.7 Å². The molecule has 17 heteroatoms. The fourth-order valence-corrected chi connectivity index (χ4v) is 4.89. The van der Waals surface area contributed by atoms with Crippen LogP contribution >= 0.6 is 0 Å². The van der Waals surface area contributed by atoms with Crippen molar-refractivity contribution in [1.82, 2.24) is 14.6 Å². The van der Waals surface area contributed by atoms with Gasteiger partial charge in [0.2, 0.25) is 11.9 Å². The van der Waals surface area contributed by atoms with Crippen molar-refractivity contribution in [3.8, 4) is 16.9 Å². The molecule has 0 saturated carbocycles. The molecule has 5 aromatic rings. The van der Waals surface area contributed by atoms with Gasteiger partial charge < -0.3 is 21.1 Å². The van der Waals surface area contributed by atoms with Gasteiger partial charge in [0.1, 0.15) is 17.6 Å². The Labute approximate surface area is 256 Å². The van der Waals surface area contributed by atoms with Crippen LogP contribution in [0.25, 0.3) is 16.8 Å². The predicted octanol–water partition coefficient (Wildman–Crippen LogP) is 5.54. The fraction of sp³-hybridized carbons (Fsp3) is 0.138. The first-order valence-corrected chi connectivity index (χ1v) is 14.9. The molecule has 0 aliphatic heterocycles. The molecule has 10 nitrogen and oxygen atoms in total. The van der Waals surface area contributed by atoms with Gasteiger partial charge in [0.15, 0.2) is 33.7 Å². The third-order valence-electron chi connectivity index (χ3n) is 6.47. The number of sulfone groups is 1. The van der Waals surface area contributed by atoms with Crippen LogP contribution < -0.4 is 21.1 Å². The third-order valence-corrected chi connectivity index (χ3v) is 7.58. The summed E-state index contributed by atoms with van der Waals surface area (Å²) < 4.78 is 110. The van der Waals surface area contributed by atoms with Crippen molar-refractivity contribution in [1.29, 1.82) is 0 Å². The highest BCUT2D eigenvalue weighted by molar-refractivity contribution is 7.90. The van der Waals surface area contributed by atoms with Crippen LogP contribution in [0.4, 0.5) is 43.7 Å². The summed E-state index contributed by atoms with van der Waals surface area (Å²) >= 11 is 0. The standard InChI is InChI=1S/C29H22F6N6O4S/c1-46(43,44)19-7-8-22(23(12-19)45-14-29(33,34)35)38-28-39-24-9-4-16(13-41(24)40-28)15-2-5-18(6-3-15)37-27(42)26(36)20-10-17(30)11-21(31)25(20)32/h2-13,26H,14,36H2,1H3,(H,37,42)(H,38,40)/t26-/m0/s1. The Hall–Kier alpha value is -5.16. The number of amides is 1. The maximum absolute atomic E-state index is 14.1. The van der Waals surface area contributed by atoms with Crippen molar-refractivity contribution in [2.24, 2.45) is 5.73 Å². The average Bonchev–Trinajstić information content (AvgIpc) is 3.39. The van der Waals surface area contributed by atoms with Crippen molar-refractivity contribution < 1.29 is 44.3 Å². The smallest absolute Gasteiger partial charge is 0.422 e. The molecule has 240 valence electrons. The molecule has 0 fully saturated rings. The quantitative estimate of drug-likeness (QED) is 0.138. The number of pyridine rings is 1. The number of anilines is 3. The summed E-state index contributed by atoms with van der Waals surface area (Å²) in [5, 5.41) is 9.49. The largest absolute Gasteiger partial charge is 0.482 e. The first kappa shape index (κ1) is 32.2. The Kier molecular flexibility index (Phi) is 8.64. The topological polar surface area (TPSA) is 141 Å². The van der Waals surface area contributed by atoms with Crippen molar-refractivity contribution in [3.63, 3.8) is 0 Å². The Morgan fingerprint density at radius 2 is 1.70 bits per heavy atom. The molecular formula is C29H22F6N6O4S.